The molecular weight excluding hydrogens is 549 g/mol. The van der Waals surface area contributed by atoms with E-state index in [1.165, 1.54) is 19.1 Å². The number of anilines is 1. The summed E-state index contributed by atoms with van der Waals surface area (Å²) in [7, 11) is -1.04. The summed E-state index contributed by atoms with van der Waals surface area (Å²) in [6.07, 6.45) is 1.18. The van der Waals surface area contributed by atoms with Gasteiger partial charge in [-0.25, -0.2) is 8.42 Å². The van der Waals surface area contributed by atoms with E-state index in [2.05, 4.69) is 5.32 Å². The van der Waals surface area contributed by atoms with Gasteiger partial charge < -0.3 is 15.0 Å². The highest BCUT2D eigenvalue weighted by Gasteiger charge is 2.34. The number of benzene rings is 3. The van der Waals surface area contributed by atoms with Crippen molar-refractivity contribution >= 4 is 50.7 Å². The fourth-order valence-corrected chi connectivity index (χ4v) is 5.37. The number of amides is 2. The summed E-state index contributed by atoms with van der Waals surface area (Å²) in [5.74, 6) is -0.769. The quantitative estimate of drug-likeness (QED) is 0.369. The first-order valence-corrected chi connectivity index (χ1v) is 14.3. The second-order valence-corrected chi connectivity index (χ2v) is 11.2. The van der Waals surface area contributed by atoms with Crippen LogP contribution in [-0.2, 0) is 32.6 Å². The van der Waals surface area contributed by atoms with Crippen LogP contribution in [0.3, 0.4) is 0 Å². The molecule has 3 aromatic rings. The van der Waals surface area contributed by atoms with Gasteiger partial charge in [-0.05, 0) is 29.8 Å². The number of rotatable bonds is 11. The number of carbonyl (C=O) groups is 2. The number of carbonyl (C=O) groups excluding carboxylic acids is 2. The second kappa shape index (κ2) is 13.0. The lowest BCUT2D eigenvalue weighted by Crippen LogP contribution is -2.53. The van der Waals surface area contributed by atoms with Crippen LogP contribution >= 0.6 is 23.2 Å². The number of sulfonamides is 1. The Bertz CT molecular complexity index is 1370. The highest BCUT2D eigenvalue weighted by molar-refractivity contribution is 7.92. The molecule has 0 radical (unpaired) electrons. The Kier molecular flexibility index (Phi) is 10.0. The average molecular weight is 579 g/mol. The van der Waals surface area contributed by atoms with Crippen LogP contribution in [0.4, 0.5) is 5.69 Å². The molecule has 2 amide bonds. The van der Waals surface area contributed by atoms with E-state index in [9.17, 15) is 18.0 Å². The molecule has 1 atom stereocenters. The van der Waals surface area contributed by atoms with Crippen molar-refractivity contribution in [3.63, 3.8) is 0 Å². The molecule has 0 saturated heterocycles. The zero-order chi connectivity index (χ0) is 27.9. The summed E-state index contributed by atoms with van der Waals surface area (Å²) >= 11 is 12.8. The van der Waals surface area contributed by atoms with Gasteiger partial charge in [-0.1, -0.05) is 71.7 Å². The smallest absolute Gasteiger partial charge is 0.244 e. The summed E-state index contributed by atoms with van der Waals surface area (Å²) in [6, 6.07) is 19.6. The average Bonchev–Trinajstić information content (AvgIpc) is 2.90. The van der Waals surface area contributed by atoms with Crippen LogP contribution in [-0.4, -0.2) is 58.1 Å². The number of ether oxygens (including phenoxy) is 1. The topological polar surface area (TPSA) is 96.0 Å². The minimum absolute atomic E-state index is 0.119. The molecule has 0 bridgehead atoms. The number of hydrogen-bond donors (Lipinski definition) is 1. The van der Waals surface area contributed by atoms with Crippen LogP contribution in [0, 0.1) is 0 Å². The summed E-state index contributed by atoms with van der Waals surface area (Å²) < 4.78 is 32.0. The molecule has 3 aromatic carbocycles. The third kappa shape index (κ3) is 7.18. The van der Waals surface area contributed by atoms with Crippen molar-refractivity contribution in [1.29, 1.82) is 0 Å². The van der Waals surface area contributed by atoms with Gasteiger partial charge in [0.15, 0.2) is 0 Å². The van der Waals surface area contributed by atoms with Crippen molar-refractivity contribution in [3.05, 3.63) is 94.0 Å². The lowest BCUT2D eigenvalue weighted by molar-refractivity contribution is -0.139. The summed E-state index contributed by atoms with van der Waals surface area (Å²) in [4.78, 5) is 28.4. The van der Waals surface area contributed by atoms with E-state index >= 15 is 0 Å². The fraction of sp³-hybridized carbons (Fsp3) is 0.259. The molecule has 202 valence electrons. The zero-order valence-corrected chi connectivity index (χ0v) is 23.6. The number of hydrogen-bond acceptors (Lipinski definition) is 5. The number of nitrogens with one attached hydrogen (secondary N) is 1. The largest absolute Gasteiger partial charge is 0.495 e. The SMILES string of the molecule is CNC(=O)[C@H](Cc1ccccc1)N(Cc1c(Cl)cccc1Cl)C(=O)CN(c1ccccc1OC)S(C)(=O)=O. The van der Waals surface area contributed by atoms with Crippen molar-refractivity contribution in [2.24, 2.45) is 0 Å². The number of para-hydroxylation sites is 2. The predicted octanol–water partition coefficient (Wildman–Crippen LogP) is 4.15. The molecule has 0 unspecified atom stereocenters. The van der Waals surface area contributed by atoms with Crippen LogP contribution in [0.1, 0.15) is 11.1 Å². The molecule has 1 N–H and O–H groups in total. The standard InChI is InChI=1S/C27H29Cl2N3O5S/c1-30-27(34)24(16-19-10-5-4-6-11-19)31(17-20-21(28)12-9-13-22(20)29)26(33)18-32(38(3,35)36)23-14-7-8-15-25(23)37-2/h4-15,24H,16-18H2,1-3H3,(H,30,34)/t24-/m0/s1. The van der Waals surface area contributed by atoms with Crippen molar-refractivity contribution in [2.75, 3.05) is 31.3 Å². The minimum atomic E-state index is -3.93. The van der Waals surface area contributed by atoms with Gasteiger partial charge in [0.25, 0.3) is 0 Å². The Balaban J connectivity index is 2.09. The summed E-state index contributed by atoms with van der Waals surface area (Å²) in [5, 5.41) is 3.25. The third-order valence-corrected chi connectivity index (χ3v) is 7.78. The van der Waals surface area contributed by atoms with E-state index in [-0.39, 0.29) is 24.4 Å². The van der Waals surface area contributed by atoms with E-state index in [4.69, 9.17) is 27.9 Å². The maximum absolute atomic E-state index is 14.0. The predicted molar refractivity (Wildman–Crippen MR) is 150 cm³/mol. The molecule has 0 heterocycles. The highest BCUT2D eigenvalue weighted by Crippen LogP contribution is 2.31. The number of nitrogens with zero attached hydrogens (tertiary/aromatic N) is 2. The summed E-state index contributed by atoms with van der Waals surface area (Å²) in [6.45, 7) is -0.699. The normalized spacial score (nSPS) is 11.9. The number of halogens is 2. The van der Waals surface area contributed by atoms with Gasteiger partial charge in [0.05, 0.1) is 19.1 Å². The first-order valence-electron chi connectivity index (χ1n) is 11.7. The van der Waals surface area contributed by atoms with Gasteiger partial charge in [-0.15, -0.1) is 0 Å². The first kappa shape index (κ1) is 29.3. The molecular formula is C27H29Cl2N3O5S. The lowest BCUT2D eigenvalue weighted by atomic mass is 10.0. The van der Waals surface area contributed by atoms with Gasteiger partial charge in [0.1, 0.15) is 18.3 Å². The maximum Gasteiger partial charge on any atom is 0.244 e. The van der Waals surface area contributed by atoms with Crippen molar-refractivity contribution in [2.45, 2.75) is 19.0 Å². The second-order valence-electron chi connectivity index (χ2n) is 8.48. The molecule has 0 aliphatic carbocycles. The van der Waals surface area contributed by atoms with E-state index in [1.807, 2.05) is 30.3 Å². The van der Waals surface area contributed by atoms with Crippen LogP contribution in [0.5, 0.6) is 5.75 Å². The van der Waals surface area contributed by atoms with E-state index < -0.39 is 34.4 Å². The monoisotopic (exact) mass is 577 g/mol. The Labute approximate surface area is 233 Å². The van der Waals surface area contributed by atoms with Crippen molar-refractivity contribution in [3.8, 4) is 5.75 Å². The lowest BCUT2D eigenvalue weighted by Gasteiger charge is -2.33. The molecule has 0 saturated carbocycles. The Morgan fingerprint density at radius 2 is 1.55 bits per heavy atom. The Morgan fingerprint density at radius 1 is 0.947 bits per heavy atom. The molecule has 3 rings (SSSR count). The zero-order valence-electron chi connectivity index (χ0n) is 21.2. The third-order valence-electron chi connectivity index (χ3n) is 5.94. The van der Waals surface area contributed by atoms with Gasteiger partial charge in [0.2, 0.25) is 21.8 Å². The molecule has 0 aromatic heterocycles. The fourth-order valence-electron chi connectivity index (χ4n) is 4.00. The van der Waals surface area contributed by atoms with Crippen LogP contribution < -0.4 is 14.4 Å². The highest BCUT2D eigenvalue weighted by atomic mass is 35.5. The van der Waals surface area contributed by atoms with Crippen molar-refractivity contribution in [1.82, 2.24) is 10.2 Å². The Hall–Kier alpha value is -3.27. The molecule has 38 heavy (non-hydrogen) atoms. The van der Waals surface area contributed by atoms with E-state index in [0.717, 1.165) is 16.1 Å². The molecule has 8 nitrogen and oxygen atoms in total. The van der Waals surface area contributed by atoms with E-state index in [0.29, 0.717) is 15.6 Å². The molecule has 11 heteroatoms. The maximum atomic E-state index is 14.0. The van der Waals surface area contributed by atoms with Crippen LogP contribution in [0.15, 0.2) is 72.8 Å². The molecule has 0 fully saturated rings. The van der Waals surface area contributed by atoms with E-state index in [1.54, 1.807) is 42.5 Å². The van der Waals surface area contributed by atoms with Crippen LogP contribution in [0.25, 0.3) is 0 Å². The number of likely N-dealkylation sites (N-methyl/N-ethyl adjacent to an activating group) is 1. The van der Waals surface area contributed by atoms with Gasteiger partial charge >= 0.3 is 0 Å². The minimum Gasteiger partial charge on any atom is -0.495 e. The molecule has 0 aliphatic heterocycles. The van der Waals surface area contributed by atoms with Gasteiger partial charge in [-0.3, -0.25) is 13.9 Å². The molecule has 0 aliphatic rings. The molecule has 0 spiro atoms. The summed E-state index contributed by atoms with van der Waals surface area (Å²) in [5.41, 5.74) is 1.45. The van der Waals surface area contributed by atoms with Crippen LogP contribution in [0.2, 0.25) is 10.0 Å². The Morgan fingerprint density at radius 3 is 2.13 bits per heavy atom. The van der Waals surface area contributed by atoms with Crippen molar-refractivity contribution < 1.29 is 22.7 Å². The first-order chi connectivity index (χ1) is 18.1. The van der Waals surface area contributed by atoms with Gasteiger partial charge in [0, 0.05) is 35.6 Å². The van der Waals surface area contributed by atoms with Gasteiger partial charge in [-0.2, -0.15) is 0 Å². The number of methoxy groups -OCH3 is 1.